The number of nitrogens with one attached hydrogen (secondary N) is 2. The number of benzene rings is 2. The maximum absolute atomic E-state index is 12.6. The van der Waals surface area contributed by atoms with Crippen molar-refractivity contribution in [1.82, 2.24) is 4.90 Å². The topological polar surface area (TPSA) is 122 Å². The Hall–Kier alpha value is -3.14. The lowest BCUT2D eigenvalue weighted by atomic mass is 10.1. The van der Waals surface area contributed by atoms with E-state index in [4.69, 9.17) is 0 Å². The van der Waals surface area contributed by atoms with Crippen molar-refractivity contribution in [3.8, 4) is 0 Å². The monoisotopic (exact) mass is 418 g/mol. The van der Waals surface area contributed by atoms with Gasteiger partial charge in [0, 0.05) is 24.8 Å². The van der Waals surface area contributed by atoms with Gasteiger partial charge >= 0.3 is 6.03 Å². The lowest BCUT2D eigenvalue weighted by Crippen LogP contribution is -2.38. The molecule has 0 bridgehead atoms. The van der Waals surface area contributed by atoms with Gasteiger partial charge in [-0.2, -0.15) is 0 Å². The Bertz CT molecular complexity index is 1020. The second kappa shape index (κ2) is 8.48. The van der Waals surface area contributed by atoms with E-state index in [1.165, 1.54) is 49.4 Å². The molecule has 10 heteroatoms. The van der Waals surface area contributed by atoms with Gasteiger partial charge in [0.25, 0.3) is 15.7 Å². The molecule has 3 rings (SSSR count). The number of anilines is 2. The van der Waals surface area contributed by atoms with E-state index in [-0.39, 0.29) is 27.9 Å². The van der Waals surface area contributed by atoms with Crippen LogP contribution in [0.15, 0.2) is 47.4 Å². The van der Waals surface area contributed by atoms with Gasteiger partial charge in [0.1, 0.15) is 0 Å². The van der Waals surface area contributed by atoms with Crippen molar-refractivity contribution in [1.29, 1.82) is 0 Å². The fourth-order valence-electron chi connectivity index (χ4n) is 3.15. The van der Waals surface area contributed by atoms with Crippen molar-refractivity contribution in [2.45, 2.75) is 31.1 Å². The fraction of sp³-hybridized carbons (Fsp3) is 0.316. The number of piperidine rings is 1. The Balaban J connectivity index is 1.72. The molecule has 2 aromatic carbocycles. The summed E-state index contributed by atoms with van der Waals surface area (Å²) in [6.07, 6.45) is 3.08. The molecular formula is C19H22N4O5S. The van der Waals surface area contributed by atoms with Crippen molar-refractivity contribution in [2.24, 2.45) is 0 Å². The quantitative estimate of drug-likeness (QED) is 0.566. The van der Waals surface area contributed by atoms with Gasteiger partial charge in [0.15, 0.2) is 0 Å². The first-order valence-electron chi connectivity index (χ1n) is 9.21. The van der Waals surface area contributed by atoms with Crippen LogP contribution in [0.4, 0.5) is 21.9 Å². The standard InChI is InChI=1S/C19H22N4O5S/c1-14-17(6-5-7-18(14)23(25)26)21-29(27,28)16-10-8-15(9-11-16)20-19(24)22-12-3-2-4-13-22/h5-11,21H,2-4,12-13H2,1H3,(H,20,24). The molecule has 0 saturated carbocycles. The number of nitro benzene ring substituents is 1. The molecule has 2 aromatic rings. The smallest absolute Gasteiger partial charge is 0.321 e. The Morgan fingerprint density at radius 3 is 2.34 bits per heavy atom. The highest BCUT2D eigenvalue weighted by Crippen LogP contribution is 2.27. The summed E-state index contributed by atoms with van der Waals surface area (Å²) in [6, 6.07) is 9.77. The number of likely N-dealkylation sites (tertiary alicyclic amines) is 1. The zero-order chi connectivity index (χ0) is 21.0. The minimum Gasteiger partial charge on any atom is -0.325 e. The summed E-state index contributed by atoms with van der Waals surface area (Å²) in [4.78, 5) is 24.4. The zero-order valence-corrected chi connectivity index (χ0v) is 16.7. The molecule has 1 aliphatic rings. The SMILES string of the molecule is Cc1c(NS(=O)(=O)c2ccc(NC(=O)N3CCCCC3)cc2)cccc1[N+](=O)[O-]. The molecule has 1 heterocycles. The molecule has 29 heavy (non-hydrogen) atoms. The Kier molecular flexibility index (Phi) is 6.02. The summed E-state index contributed by atoms with van der Waals surface area (Å²) in [6.45, 7) is 2.91. The molecule has 0 spiro atoms. The molecule has 0 radical (unpaired) electrons. The highest BCUT2D eigenvalue weighted by Gasteiger charge is 2.20. The summed E-state index contributed by atoms with van der Waals surface area (Å²) < 4.78 is 27.7. The fourth-order valence-corrected chi connectivity index (χ4v) is 4.28. The third kappa shape index (κ3) is 4.83. The molecule has 1 aliphatic heterocycles. The summed E-state index contributed by atoms with van der Waals surface area (Å²) >= 11 is 0. The van der Waals surface area contributed by atoms with E-state index in [1.54, 1.807) is 4.90 Å². The number of urea groups is 1. The van der Waals surface area contributed by atoms with Crippen molar-refractivity contribution in [3.63, 3.8) is 0 Å². The normalized spacial score (nSPS) is 14.3. The maximum atomic E-state index is 12.6. The van der Waals surface area contributed by atoms with Crippen LogP contribution in [0.25, 0.3) is 0 Å². The van der Waals surface area contributed by atoms with Gasteiger partial charge in [-0.15, -0.1) is 0 Å². The van der Waals surface area contributed by atoms with Crippen LogP contribution in [0, 0.1) is 17.0 Å². The molecule has 1 fully saturated rings. The number of nitrogens with zero attached hydrogens (tertiary/aromatic N) is 2. The first-order chi connectivity index (χ1) is 13.8. The van der Waals surface area contributed by atoms with Crippen LogP contribution < -0.4 is 10.0 Å². The van der Waals surface area contributed by atoms with Crippen molar-refractivity contribution >= 4 is 33.1 Å². The number of rotatable bonds is 5. The number of hydrogen-bond donors (Lipinski definition) is 2. The molecule has 9 nitrogen and oxygen atoms in total. The van der Waals surface area contributed by atoms with Crippen molar-refractivity contribution < 1.29 is 18.1 Å². The number of nitro groups is 1. The van der Waals surface area contributed by atoms with Crippen LogP contribution in [0.3, 0.4) is 0 Å². The van der Waals surface area contributed by atoms with Gasteiger partial charge in [-0.1, -0.05) is 6.07 Å². The molecule has 0 aliphatic carbocycles. The van der Waals surface area contributed by atoms with Crippen LogP contribution in [-0.2, 0) is 10.0 Å². The number of sulfonamides is 1. The average molecular weight is 418 g/mol. The summed E-state index contributed by atoms with van der Waals surface area (Å²) in [5.74, 6) is 0. The number of amides is 2. The average Bonchev–Trinajstić information content (AvgIpc) is 2.70. The molecule has 2 N–H and O–H groups in total. The van der Waals surface area contributed by atoms with Gasteiger partial charge < -0.3 is 10.2 Å². The van der Waals surface area contributed by atoms with Gasteiger partial charge in [0.05, 0.1) is 21.1 Å². The van der Waals surface area contributed by atoms with Crippen LogP contribution in [0.1, 0.15) is 24.8 Å². The number of carbonyl (C=O) groups excluding carboxylic acids is 1. The predicted octanol–water partition coefficient (Wildman–Crippen LogP) is 3.72. The molecular weight excluding hydrogens is 396 g/mol. The third-order valence-electron chi connectivity index (χ3n) is 4.81. The highest BCUT2D eigenvalue weighted by molar-refractivity contribution is 7.92. The van der Waals surface area contributed by atoms with Crippen LogP contribution >= 0.6 is 0 Å². The second-order valence-electron chi connectivity index (χ2n) is 6.81. The van der Waals surface area contributed by atoms with E-state index >= 15 is 0 Å². The van der Waals surface area contributed by atoms with Crippen molar-refractivity contribution in [2.75, 3.05) is 23.1 Å². The van der Waals surface area contributed by atoms with Gasteiger partial charge in [-0.05, 0) is 56.5 Å². The third-order valence-corrected chi connectivity index (χ3v) is 6.19. The molecule has 0 atom stereocenters. The number of hydrogen-bond acceptors (Lipinski definition) is 5. The van der Waals surface area contributed by atoms with E-state index in [1.807, 2.05) is 0 Å². The Labute approximate surface area is 168 Å². The molecule has 154 valence electrons. The molecule has 0 aromatic heterocycles. The largest absolute Gasteiger partial charge is 0.325 e. The highest BCUT2D eigenvalue weighted by atomic mass is 32.2. The van der Waals surface area contributed by atoms with E-state index < -0.39 is 14.9 Å². The van der Waals surface area contributed by atoms with E-state index in [0.29, 0.717) is 18.8 Å². The van der Waals surface area contributed by atoms with Crippen LogP contribution in [0.2, 0.25) is 0 Å². The van der Waals surface area contributed by atoms with Crippen LogP contribution in [0.5, 0.6) is 0 Å². The van der Waals surface area contributed by atoms with Gasteiger partial charge in [-0.25, -0.2) is 13.2 Å². The van der Waals surface area contributed by atoms with E-state index in [9.17, 15) is 23.3 Å². The summed E-state index contributed by atoms with van der Waals surface area (Å²) in [5.41, 5.74) is 0.695. The maximum Gasteiger partial charge on any atom is 0.321 e. The molecule has 0 unspecified atom stereocenters. The first-order valence-corrected chi connectivity index (χ1v) is 10.7. The van der Waals surface area contributed by atoms with Crippen LogP contribution in [-0.4, -0.2) is 37.4 Å². The van der Waals surface area contributed by atoms with Gasteiger partial charge in [-0.3, -0.25) is 14.8 Å². The molecule has 1 saturated heterocycles. The lowest BCUT2D eigenvalue weighted by molar-refractivity contribution is -0.385. The summed E-state index contributed by atoms with van der Waals surface area (Å²) in [7, 11) is -3.94. The predicted molar refractivity (Wildman–Crippen MR) is 110 cm³/mol. The number of carbonyl (C=O) groups is 1. The van der Waals surface area contributed by atoms with E-state index in [0.717, 1.165) is 19.3 Å². The zero-order valence-electron chi connectivity index (χ0n) is 15.9. The first kappa shape index (κ1) is 20.6. The van der Waals surface area contributed by atoms with Crippen molar-refractivity contribution in [3.05, 3.63) is 58.1 Å². The summed E-state index contributed by atoms with van der Waals surface area (Å²) in [5, 5.41) is 13.8. The lowest BCUT2D eigenvalue weighted by Gasteiger charge is -2.26. The van der Waals surface area contributed by atoms with E-state index in [2.05, 4.69) is 10.0 Å². The minimum atomic E-state index is -3.94. The second-order valence-corrected chi connectivity index (χ2v) is 8.50. The Morgan fingerprint density at radius 1 is 1.07 bits per heavy atom. The minimum absolute atomic E-state index is 0.0145. The Morgan fingerprint density at radius 2 is 1.72 bits per heavy atom. The van der Waals surface area contributed by atoms with Gasteiger partial charge in [0.2, 0.25) is 0 Å². The molecule has 2 amide bonds.